The molecule has 8 heteroatoms. The second-order valence-electron chi connectivity index (χ2n) is 3.99. The maximum atomic E-state index is 13.0. The van der Waals surface area contributed by atoms with Crippen molar-refractivity contribution in [3.05, 3.63) is 35.4 Å². The molecule has 0 radical (unpaired) electrons. The number of hydrogen-bond donors (Lipinski definition) is 1. The Labute approximate surface area is 119 Å². The molecule has 0 aliphatic rings. The van der Waals surface area contributed by atoms with E-state index in [1.807, 2.05) is 0 Å². The third-order valence-electron chi connectivity index (χ3n) is 2.51. The van der Waals surface area contributed by atoms with Crippen molar-refractivity contribution >= 4 is 17.8 Å². The molecule has 1 aromatic rings. The van der Waals surface area contributed by atoms with Gasteiger partial charge in [0.1, 0.15) is 17.7 Å². The van der Waals surface area contributed by atoms with Crippen LogP contribution in [0.4, 0.5) is 8.78 Å². The quantitative estimate of drug-likeness (QED) is 0.814. The molecule has 6 nitrogen and oxygen atoms in total. The first kappa shape index (κ1) is 16.5. The van der Waals surface area contributed by atoms with E-state index in [9.17, 15) is 23.2 Å². The lowest BCUT2D eigenvalue weighted by molar-refractivity contribution is -0.149. The zero-order valence-corrected chi connectivity index (χ0v) is 11.3. The number of carbonyl (C=O) groups is 3. The summed E-state index contributed by atoms with van der Waals surface area (Å²) in [7, 11) is 2.18. The fraction of sp³-hybridized carbons (Fsp3) is 0.308. The highest BCUT2D eigenvalue weighted by Crippen LogP contribution is 2.09. The first-order valence-corrected chi connectivity index (χ1v) is 5.79. The topological polar surface area (TPSA) is 81.7 Å². The predicted molar refractivity (Wildman–Crippen MR) is 66.3 cm³/mol. The van der Waals surface area contributed by atoms with Gasteiger partial charge in [-0.3, -0.25) is 9.59 Å². The Morgan fingerprint density at radius 2 is 1.67 bits per heavy atom. The lowest BCUT2D eigenvalue weighted by atomic mass is 10.1. The molecular weight excluding hydrogens is 288 g/mol. The van der Waals surface area contributed by atoms with Gasteiger partial charge in [-0.15, -0.1) is 0 Å². The number of ether oxygens (including phenoxy) is 2. The summed E-state index contributed by atoms with van der Waals surface area (Å²) in [5, 5.41) is 2.16. The molecule has 0 heterocycles. The molecule has 0 spiro atoms. The van der Waals surface area contributed by atoms with Gasteiger partial charge >= 0.3 is 11.9 Å². The van der Waals surface area contributed by atoms with Crippen molar-refractivity contribution in [1.82, 2.24) is 5.32 Å². The van der Waals surface area contributed by atoms with E-state index in [4.69, 9.17) is 0 Å². The van der Waals surface area contributed by atoms with E-state index in [-0.39, 0.29) is 5.56 Å². The van der Waals surface area contributed by atoms with E-state index in [2.05, 4.69) is 14.8 Å². The Kier molecular flexibility index (Phi) is 5.77. The molecule has 1 atom stereocenters. The van der Waals surface area contributed by atoms with Crippen LogP contribution >= 0.6 is 0 Å². The van der Waals surface area contributed by atoms with E-state index in [1.54, 1.807) is 0 Å². The van der Waals surface area contributed by atoms with Gasteiger partial charge in [-0.25, -0.2) is 13.6 Å². The highest BCUT2D eigenvalue weighted by molar-refractivity contribution is 5.97. The summed E-state index contributed by atoms with van der Waals surface area (Å²) in [6.07, 6.45) is -0.466. The fourth-order valence-electron chi connectivity index (χ4n) is 1.51. The molecule has 1 rings (SSSR count). The minimum Gasteiger partial charge on any atom is -0.469 e. The number of methoxy groups -OCH3 is 2. The summed E-state index contributed by atoms with van der Waals surface area (Å²) < 4.78 is 34.9. The maximum absolute atomic E-state index is 13.0. The zero-order valence-electron chi connectivity index (χ0n) is 11.3. The number of amides is 1. The van der Waals surface area contributed by atoms with Gasteiger partial charge in [0.25, 0.3) is 5.91 Å². The molecular formula is C13H13F2NO5. The standard InChI is InChI=1S/C13H13F2NO5/c1-20-11(17)6-10(13(19)21-2)16-12(18)7-3-8(14)5-9(15)4-7/h3-5,10H,6H2,1-2H3,(H,16,18)/t10-/m1/s1. The SMILES string of the molecule is COC(=O)C[C@@H](NC(=O)c1cc(F)cc(F)c1)C(=O)OC. The molecule has 0 aliphatic heterocycles. The number of rotatable bonds is 5. The lowest BCUT2D eigenvalue weighted by Gasteiger charge is -2.15. The van der Waals surface area contributed by atoms with Crippen LogP contribution in [0, 0.1) is 11.6 Å². The number of halogens is 2. The molecule has 0 unspecified atom stereocenters. The number of nitrogens with one attached hydrogen (secondary N) is 1. The molecule has 0 aliphatic carbocycles. The van der Waals surface area contributed by atoms with Gasteiger partial charge in [-0.1, -0.05) is 0 Å². The fourth-order valence-corrected chi connectivity index (χ4v) is 1.51. The second-order valence-corrected chi connectivity index (χ2v) is 3.99. The van der Waals surface area contributed by atoms with Crippen LogP contribution < -0.4 is 5.32 Å². The Bertz CT molecular complexity index is 541. The Hall–Kier alpha value is -2.51. The summed E-state index contributed by atoms with van der Waals surface area (Å²) in [5.74, 6) is -4.44. The Morgan fingerprint density at radius 1 is 1.10 bits per heavy atom. The molecule has 0 bridgehead atoms. The molecule has 0 fully saturated rings. The normalized spacial score (nSPS) is 11.4. The van der Waals surface area contributed by atoms with E-state index >= 15 is 0 Å². The van der Waals surface area contributed by atoms with Gasteiger partial charge in [0.15, 0.2) is 0 Å². The van der Waals surface area contributed by atoms with Gasteiger partial charge in [-0.05, 0) is 12.1 Å². The van der Waals surface area contributed by atoms with Crippen LogP contribution in [0.2, 0.25) is 0 Å². The van der Waals surface area contributed by atoms with E-state index in [0.717, 1.165) is 26.4 Å². The molecule has 1 N–H and O–H groups in total. The van der Waals surface area contributed by atoms with Crippen molar-refractivity contribution in [3.63, 3.8) is 0 Å². The van der Waals surface area contributed by atoms with E-state index in [1.165, 1.54) is 0 Å². The van der Waals surface area contributed by atoms with Crippen molar-refractivity contribution in [3.8, 4) is 0 Å². The predicted octanol–water partition coefficient (Wildman–Crippen LogP) is 0.799. The van der Waals surface area contributed by atoms with Gasteiger partial charge in [0.2, 0.25) is 0 Å². The minimum atomic E-state index is -1.32. The molecule has 0 saturated carbocycles. The number of benzene rings is 1. The van der Waals surface area contributed by atoms with Crippen LogP contribution in [-0.4, -0.2) is 38.1 Å². The highest BCUT2D eigenvalue weighted by atomic mass is 19.1. The van der Waals surface area contributed by atoms with E-state index in [0.29, 0.717) is 6.07 Å². The first-order chi connectivity index (χ1) is 9.87. The van der Waals surface area contributed by atoms with Crippen LogP contribution in [0.1, 0.15) is 16.8 Å². The van der Waals surface area contributed by atoms with Gasteiger partial charge in [0, 0.05) is 11.6 Å². The smallest absolute Gasteiger partial charge is 0.328 e. The molecule has 1 amide bonds. The summed E-state index contributed by atoms with van der Waals surface area (Å²) in [4.78, 5) is 34.5. The monoisotopic (exact) mass is 301 g/mol. The van der Waals surface area contributed by atoms with Crippen molar-refractivity contribution in [2.75, 3.05) is 14.2 Å². The van der Waals surface area contributed by atoms with Crippen molar-refractivity contribution in [2.24, 2.45) is 0 Å². The number of carbonyl (C=O) groups excluding carboxylic acids is 3. The Morgan fingerprint density at radius 3 is 2.14 bits per heavy atom. The number of esters is 2. The summed E-state index contributed by atoms with van der Waals surface area (Å²) >= 11 is 0. The third-order valence-corrected chi connectivity index (χ3v) is 2.51. The number of hydrogen-bond acceptors (Lipinski definition) is 5. The average Bonchev–Trinajstić information content (AvgIpc) is 2.44. The van der Waals surface area contributed by atoms with Crippen LogP contribution in [-0.2, 0) is 19.1 Å². The van der Waals surface area contributed by atoms with Crippen molar-refractivity contribution in [1.29, 1.82) is 0 Å². The lowest BCUT2D eigenvalue weighted by Crippen LogP contribution is -2.43. The van der Waals surface area contributed by atoms with Crippen molar-refractivity contribution in [2.45, 2.75) is 12.5 Å². The molecule has 114 valence electrons. The third kappa shape index (κ3) is 4.83. The minimum absolute atomic E-state index is 0.328. The van der Waals surface area contributed by atoms with Gasteiger partial charge in [0.05, 0.1) is 20.6 Å². The maximum Gasteiger partial charge on any atom is 0.328 e. The Balaban J connectivity index is 2.89. The molecule has 0 aromatic heterocycles. The van der Waals surface area contributed by atoms with Gasteiger partial charge < -0.3 is 14.8 Å². The highest BCUT2D eigenvalue weighted by Gasteiger charge is 2.25. The van der Waals surface area contributed by atoms with Crippen LogP contribution in [0.15, 0.2) is 18.2 Å². The average molecular weight is 301 g/mol. The van der Waals surface area contributed by atoms with Crippen LogP contribution in [0.25, 0.3) is 0 Å². The zero-order chi connectivity index (χ0) is 16.0. The summed E-state index contributed by atoms with van der Waals surface area (Å²) in [6, 6.07) is 0.875. The molecule has 21 heavy (non-hydrogen) atoms. The summed E-state index contributed by atoms with van der Waals surface area (Å²) in [5.41, 5.74) is -0.328. The largest absolute Gasteiger partial charge is 0.469 e. The molecule has 1 aromatic carbocycles. The molecule has 0 saturated heterocycles. The van der Waals surface area contributed by atoms with Crippen molar-refractivity contribution < 1.29 is 32.6 Å². The summed E-state index contributed by atoms with van der Waals surface area (Å²) in [6.45, 7) is 0. The second kappa shape index (κ2) is 7.32. The van der Waals surface area contributed by atoms with Crippen LogP contribution in [0.5, 0.6) is 0 Å². The first-order valence-electron chi connectivity index (χ1n) is 5.79. The van der Waals surface area contributed by atoms with Gasteiger partial charge in [-0.2, -0.15) is 0 Å². The van der Waals surface area contributed by atoms with E-state index < -0.39 is 41.9 Å². The van der Waals surface area contributed by atoms with Crippen LogP contribution in [0.3, 0.4) is 0 Å².